The number of sulfonamides is 1. The van der Waals surface area contributed by atoms with Crippen LogP contribution in [-0.4, -0.2) is 72.0 Å². The Morgan fingerprint density at radius 3 is 2.35 bits per heavy atom. The van der Waals surface area contributed by atoms with Gasteiger partial charge in [-0.05, 0) is 0 Å². The first-order chi connectivity index (χ1) is 9.29. The summed E-state index contributed by atoms with van der Waals surface area (Å²) in [6, 6.07) is 0. The molecule has 1 N–H and O–H groups in total. The van der Waals surface area contributed by atoms with E-state index in [0.29, 0.717) is 0 Å². The Labute approximate surface area is 119 Å². The lowest BCUT2D eigenvalue weighted by Crippen LogP contribution is -2.50. The summed E-state index contributed by atoms with van der Waals surface area (Å²) in [7, 11) is -3.24. The third kappa shape index (κ3) is 3.14. The predicted octanol–water partition coefficient (Wildman–Crippen LogP) is -0.441. The lowest BCUT2D eigenvalue weighted by molar-refractivity contribution is 0.0688. The predicted molar refractivity (Wildman–Crippen MR) is 71.4 cm³/mol. The van der Waals surface area contributed by atoms with E-state index in [1.54, 1.807) is 0 Å². The summed E-state index contributed by atoms with van der Waals surface area (Å²) < 4.78 is 24.0. The molecule has 1 aliphatic heterocycles. The maximum absolute atomic E-state index is 12.1. The van der Waals surface area contributed by atoms with Crippen molar-refractivity contribution in [1.29, 1.82) is 0 Å². The number of aromatic nitrogens is 1. The van der Waals surface area contributed by atoms with E-state index < -0.39 is 16.0 Å². The molecule has 20 heavy (non-hydrogen) atoms. The van der Waals surface area contributed by atoms with Crippen LogP contribution in [0.1, 0.15) is 20.3 Å². The zero-order chi connectivity index (χ0) is 14.9. The molecule has 0 atom stereocenters. The lowest BCUT2D eigenvalue weighted by Gasteiger charge is -2.32. The summed E-state index contributed by atoms with van der Waals surface area (Å²) in [6.45, 7) is 1.02. The molecule has 1 amide bonds. The van der Waals surface area contributed by atoms with E-state index in [4.69, 9.17) is 5.11 Å². The molecule has 0 spiro atoms. The molecular weight excluding hydrogens is 306 g/mol. The molecule has 0 bridgehead atoms. The van der Waals surface area contributed by atoms with Gasteiger partial charge in [0.05, 0.1) is 6.26 Å². The number of carboxylic acid groups (broad SMARTS) is 1. The number of hydrogen-bond acceptors (Lipinski definition) is 6. The summed E-state index contributed by atoms with van der Waals surface area (Å²) in [5.74, 6) is -1.54. The molecule has 0 radical (unpaired) electrons. The molecule has 0 unspecified atom stereocenters. The molecule has 1 aromatic rings. The zero-order valence-electron chi connectivity index (χ0n) is 10.6. The molecule has 2 rings (SSSR count). The van der Waals surface area contributed by atoms with E-state index in [9.17, 15) is 18.0 Å². The number of carbonyl (C=O) groups excluding carboxylic acids is 1. The molecule has 1 fully saturated rings. The maximum Gasteiger partial charge on any atom is 0.355 e. The highest BCUT2D eigenvalue weighted by atomic mass is 32.2. The number of hydrogen-bond donors (Lipinski definition) is 1. The van der Waals surface area contributed by atoms with Crippen LogP contribution in [0.3, 0.4) is 0 Å². The minimum absolute atomic E-state index is 0.107. The summed E-state index contributed by atoms with van der Waals surface area (Å²) >= 11 is 0.971. The molecule has 0 saturated carbocycles. The fraction of sp³-hybridized carbons (Fsp3) is 0.500. The second-order valence-electron chi connectivity index (χ2n) is 4.30. The Balaban J connectivity index is 2.03. The van der Waals surface area contributed by atoms with E-state index in [2.05, 4.69) is 4.98 Å². The minimum Gasteiger partial charge on any atom is -0.476 e. The van der Waals surface area contributed by atoms with Crippen molar-refractivity contribution in [3.05, 3.63) is 16.1 Å². The van der Waals surface area contributed by atoms with E-state index in [1.165, 1.54) is 14.6 Å². The van der Waals surface area contributed by atoms with Crippen LogP contribution in [0, 0.1) is 0 Å². The number of nitrogens with zero attached hydrogens (tertiary/aromatic N) is 3. The molecule has 10 heteroatoms. The molecule has 1 aliphatic rings. The van der Waals surface area contributed by atoms with Gasteiger partial charge in [0, 0.05) is 31.6 Å². The number of aromatic carboxylic acids is 1. The number of amides is 1. The number of carbonyl (C=O) groups is 2. The fourth-order valence-electron chi connectivity index (χ4n) is 1.83. The topological polar surface area (TPSA) is 108 Å². The quantitative estimate of drug-likeness (QED) is 0.809. The van der Waals surface area contributed by atoms with Gasteiger partial charge in [-0.2, -0.15) is 4.31 Å². The van der Waals surface area contributed by atoms with Gasteiger partial charge >= 0.3 is 5.97 Å². The molecule has 0 aromatic carbocycles. The van der Waals surface area contributed by atoms with Crippen molar-refractivity contribution in [3.8, 4) is 0 Å². The maximum atomic E-state index is 12.1. The molecule has 2 heterocycles. The van der Waals surface area contributed by atoms with Gasteiger partial charge in [-0.3, -0.25) is 4.79 Å². The molecule has 1 saturated heterocycles. The van der Waals surface area contributed by atoms with Crippen LogP contribution >= 0.6 is 11.3 Å². The van der Waals surface area contributed by atoms with E-state index >= 15 is 0 Å². The number of piperazine rings is 1. The Morgan fingerprint density at radius 1 is 1.30 bits per heavy atom. The molecule has 0 aliphatic carbocycles. The summed E-state index contributed by atoms with van der Waals surface area (Å²) in [5, 5.41) is 10.2. The van der Waals surface area contributed by atoms with Crippen molar-refractivity contribution in [3.63, 3.8) is 0 Å². The number of rotatable bonds is 3. The summed E-state index contributed by atoms with van der Waals surface area (Å²) in [4.78, 5) is 28.0. The van der Waals surface area contributed by atoms with Crippen LogP contribution in [0.25, 0.3) is 0 Å². The normalized spacial score (nSPS) is 17.1. The van der Waals surface area contributed by atoms with Gasteiger partial charge in [0.2, 0.25) is 10.0 Å². The van der Waals surface area contributed by atoms with Gasteiger partial charge in [-0.1, -0.05) is 0 Å². The van der Waals surface area contributed by atoms with E-state index in [0.717, 1.165) is 17.6 Å². The zero-order valence-corrected chi connectivity index (χ0v) is 12.3. The summed E-state index contributed by atoms with van der Waals surface area (Å²) in [6.07, 6.45) is 1.13. The SMILES string of the molecule is CS(=O)(=O)N1CCN(C(=O)c2nc(C(=O)O)cs2)CC1. The monoisotopic (exact) mass is 319 g/mol. The van der Waals surface area contributed by atoms with Crippen LogP contribution in [0.4, 0.5) is 0 Å². The molecular formula is C10H13N3O5S2. The number of carboxylic acids is 1. The fourth-order valence-corrected chi connectivity index (χ4v) is 3.41. The summed E-state index contributed by atoms with van der Waals surface area (Å²) in [5.41, 5.74) is -0.159. The second-order valence-corrected chi connectivity index (χ2v) is 7.14. The standard InChI is InChI=1S/C10H13N3O5S2/c1-20(17,18)13-4-2-12(3-5-13)9(14)8-11-7(6-19-8)10(15)16/h6H,2-5H2,1H3,(H,15,16). The van der Waals surface area contributed by atoms with Gasteiger partial charge in [0.1, 0.15) is 0 Å². The van der Waals surface area contributed by atoms with Crippen LogP contribution in [0.5, 0.6) is 0 Å². The van der Waals surface area contributed by atoms with Crippen LogP contribution in [0.2, 0.25) is 0 Å². The smallest absolute Gasteiger partial charge is 0.355 e. The first kappa shape index (κ1) is 14.9. The van der Waals surface area contributed by atoms with Crippen molar-refractivity contribution in [2.45, 2.75) is 0 Å². The largest absolute Gasteiger partial charge is 0.476 e. The van der Waals surface area contributed by atoms with Crippen LogP contribution < -0.4 is 0 Å². The van der Waals surface area contributed by atoms with Gasteiger partial charge in [0.25, 0.3) is 5.91 Å². The van der Waals surface area contributed by atoms with Crippen molar-refractivity contribution >= 4 is 33.2 Å². The average Bonchev–Trinajstić information content (AvgIpc) is 2.86. The van der Waals surface area contributed by atoms with Gasteiger partial charge in [-0.25, -0.2) is 18.2 Å². The molecule has 110 valence electrons. The van der Waals surface area contributed by atoms with Crippen LogP contribution in [0.15, 0.2) is 5.38 Å². The Kier molecular flexibility index (Phi) is 4.06. The molecule has 1 aromatic heterocycles. The third-order valence-electron chi connectivity index (χ3n) is 2.90. The lowest BCUT2D eigenvalue weighted by atomic mass is 10.3. The van der Waals surface area contributed by atoms with E-state index in [1.807, 2.05) is 0 Å². The van der Waals surface area contributed by atoms with Crippen molar-refractivity contribution < 1.29 is 23.1 Å². The first-order valence-electron chi connectivity index (χ1n) is 5.72. The second kappa shape index (κ2) is 5.46. The average molecular weight is 319 g/mol. The van der Waals surface area contributed by atoms with Gasteiger partial charge in [0.15, 0.2) is 10.7 Å². The third-order valence-corrected chi connectivity index (χ3v) is 5.03. The Bertz CT molecular complexity index is 631. The van der Waals surface area contributed by atoms with Crippen molar-refractivity contribution in [1.82, 2.24) is 14.2 Å². The Morgan fingerprint density at radius 2 is 1.90 bits per heavy atom. The van der Waals surface area contributed by atoms with Gasteiger partial charge in [-0.15, -0.1) is 11.3 Å². The minimum atomic E-state index is -3.24. The van der Waals surface area contributed by atoms with Crippen molar-refractivity contribution in [2.24, 2.45) is 0 Å². The van der Waals surface area contributed by atoms with Gasteiger partial charge < -0.3 is 10.0 Å². The highest BCUT2D eigenvalue weighted by Crippen LogP contribution is 2.15. The van der Waals surface area contributed by atoms with E-state index in [-0.39, 0.29) is 42.8 Å². The first-order valence-corrected chi connectivity index (χ1v) is 8.45. The highest BCUT2D eigenvalue weighted by molar-refractivity contribution is 7.88. The molecule has 8 nitrogen and oxygen atoms in total. The Hall–Kier alpha value is -1.52. The highest BCUT2D eigenvalue weighted by Gasteiger charge is 2.28. The number of thiazole rings is 1. The van der Waals surface area contributed by atoms with Crippen LogP contribution in [-0.2, 0) is 10.0 Å². The van der Waals surface area contributed by atoms with Crippen molar-refractivity contribution in [2.75, 3.05) is 32.4 Å².